The number of ether oxygens (including phenoxy) is 1. The maximum absolute atomic E-state index is 11.8. The molecule has 4 heteroatoms. The second-order valence-electron chi connectivity index (χ2n) is 4.14. The lowest BCUT2D eigenvalue weighted by molar-refractivity contribution is -0.152. The van der Waals surface area contributed by atoms with E-state index in [0.29, 0.717) is 23.6 Å². The minimum Gasteiger partial charge on any atom is -0.466 e. The molecule has 0 saturated heterocycles. The molecule has 1 aromatic carbocycles. The van der Waals surface area contributed by atoms with Crippen LogP contribution < -0.4 is 0 Å². The fourth-order valence-corrected chi connectivity index (χ4v) is 1.98. The van der Waals surface area contributed by atoms with Crippen LogP contribution in [0.5, 0.6) is 0 Å². The molecule has 0 saturated carbocycles. The first kappa shape index (κ1) is 15.0. The molecule has 2 unspecified atom stereocenters. The summed E-state index contributed by atoms with van der Waals surface area (Å²) >= 11 is 5.80. The summed E-state index contributed by atoms with van der Waals surface area (Å²) in [7, 11) is 0. The second-order valence-corrected chi connectivity index (χ2v) is 4.58. The maximum atomic E-state index is 11.8. The van der Waals surface area contributed by atoms with E-state index in [1.54, 1.807) is 31.2 Å². The number of halogens is 1. The lowest BCUT2D eigenvalue weighted by Crippen LogP contribution is -2.24. The Hall–Kier alpha value is -1.06. The van der Waals surface area contributed by atoms with Crippen LogP contribution in [-0.4, -0.2) is 17.7 Å². The first-order chi connectivity index (χ1) is 8.60. The molecule has 1 rings (SSSR count). The Kier molecular flexibility index (Phi) is 6.16. The summed E-state index contributed by atoms with van der Waals surface area (Å²) in [6.07, 6.45) is 0.567. The summed E-state index contributed by atoms with van der Waals surface area (Å²) in [6, 6.07) is 6.87. The van der Waals surface area contributed by atoms with Crippen molar-refractivity contribution in [2.45, 2.75) is 32.8 Å². The Morgan fingerprint density at radius 3 is 2.44 bits per heavy atom. The maximum Gasteiger partial charge on any atom is 0.311 e. The molecule has 100 valence electrons. The molecule has 0 heterocycles. The molecule has 0 radical (unpaired) electrons. The molecule has 1 N–H and O–H groups in total. The van der Waals surface area contributed by atoms with Gasteiger partial charge in [-0.05, 0) is 31.0 Å². The molecular weight excluding hydrogens is 252 g/mol. The molecule has 0 aliphatic heterocycles. The summed E-state index contributed by atoms with van der Waals surface area (Å²) in [4.78, 5) is 11.8. The minimum absolute atomic E-state index is 0.326. The molecule has 3 nitrogen and oxygen atoms in total. The van der Waals surface area contributed by atoms with Gasteiger partial charge in [-0.1, -0.05) is 37.1 Å². The number of carbonyl (C=O) groups is 1. The first-order valence-corrected chi connectivity index (χ1v) is 6.58. The van der Waals surface area contributed by atoms with Crippen molar-refractivity contribution in [1.82, 2.24) is 0 Å². The van der Waals surface area contributed by atoms with Gasteiger partial charge in [0.15, 0.2) is 0 Å². The van der Waals surface area contributed by atoms with Crippen molar-refractivity contribution in [2.24, 2.45) is 5.92 Å². The lowest BCUT2D eigenvalue weighted by Gasteiger charge is -2.21. The molecule has 0 aliphatic rings. The van der Waals surface area contributed by atoms with Crippen LogP contribution in [0.3, 0.4) is 0 Å². The van der Waals surface area contributed by atoms with E-state index in [2.05, 4.69) is 0 Å². The quantitative estimate of drug-likeness (QED) is 0.807. The van der Waals surface area contributed by atoms with Gasteiger partial charge in [0.25, 0.3) is 0 Å². The van der Waals surface area contributed by atoms with Crippen molar-refractivity contribution < 1.29 is 14.6 Å². The Morgan fingerprint density at radius 2 is 1.94 bits per heavy atom. The van der Waals surface area contributed by atoms with Gasteiger partial charge < -0.3 is 9.84 Å². The lowest BCUT2D eigenvalue weighted by atomic mass is 9.92. The van der Waals surface area contributed by atoms with E-state index in [4.69, 9.17) is 16.3 Å². The largest absolute Gasteiger partial charge is 0.466 e. The van der Waals surface area contributed by atoms with Crippen molar-refractivity contribution in [1.29, 1.82) is 0 Å². The van der Waals surface area contributed by atoms with Gasteiger partial charge in [0.2, 0.25) is 0 Å². The molecule has 18 heavy (non-hydrogen) atoms. The van der Waals surface area contributed by atoms with Crippen LogP contribution in [0.4, 0.5) is 0 Å². The van der Waals surface area contributed by atoms with Crippen LogP contribution in [0.25, 0.3) is 0 Å². The van der Waals surface area contributed by atoms with Crippen LogP contribution >= 0.6 is 11.6 Å². The number of esters is 1. The van der Waals surface area contributed by atoms with Crippen molar-refractivity contribution in [3.05, 3.63) is 34.9 Å². The standard InChI is InChI=1S/C14H19ClO3/c1-3-5-12(14(17)18-4-2)13(16)10-6-8-11(15)9-7-10/h6-9,12-13,16H,3-5H2,1-2H3. The zero-order chi connectivity index (χ0) is 13.5. The van der Waals surface area contributed by atoms with E-state index in [-0.39, 0.29) is 5.97 Å². The molecule has 2 atom stereocenters. The average Bonchev–Trinajstić information content (AvgIpc) is 2.36. The van der Waals surface area contributed by atoms with Crippen LogP contribution in [0.2, 0.25) is 5.02 Å². The highest BCUT2D eigenvalue weighted by Gasteiger charge is 2.28. The molecule has 0 fully saturated rings. The van der Waals surface area contributed by atoms with Gasteiger partial charge in [-0.3, -0.25) is 4.79 Å². The van der Waals surface area contributed by atoms with Gasteiger partial charge in [-0.25, -0.2) is 0 Å². The summed E-state index contributed by atoms with van der Waals surface area (Å²) in [6.45, 7) is 4.06. The predicted octanol–water partition coefficient (Wildman–Crippen LogP) is 3.35. The number of aliphatic hydroxyl groups is 1. The average molecular weight is 271 g/mol. The van der Waals surface area contributed by atoms with E-state index in [1.807, 2.05) is 6.92 Å². The fraction of sp³-hybridized carbons (Fsp3) is 0.500. The fourth-order valence-electron chi connectivity index (χ4n) is 1.86. The molecule has 0 aromatic heterocycles. The zero-order valence-electron chi connectivity index (χ0n) is 10.7. The Labute approximate surface area is 113 Å². The van der Waals surface area contributed by atoms with Gasteiger partial charge in [-0.2, -0.15) is 0 Å². The normalized spacial score (nSPS) is 14.0. The number of aliphatic hydroxyl groups excluding tert-OH is 1. The molecule has 0 aliphatic carbocycles. The highest BCUT2D eigenvalue weighted by atomic mass is 35.5. The van der Waals surface area contributed by atoms with Gasteiger partial charge in [0.05, 0.1) is 18.6 Å². The molecule has 1 aromatic rings. The number of benzene rings is 1. The van der Waals surface area contributed by atoms with Crippen LogP contribution in [-0.2, 0) is 9.53 Å². The number of hydrogen-bond donors (Lipinski definition) is 1. The number of hydrogen-bond acceptors (Lipinski definition) is 3. The predicted molar refractivity (Wildman–Crippen MR) is 71.4 cm³/mol. The summed E-state index contributed by atoms with van der Waals surface area (Å²) < 4.78 is 5.00. The van der Waals surface area contributed by atoms with Crippen LogP contribution in [0, 0.1) is 5.92 Å². The molecular formula is C14H19ClO3. The van der Waals surface area contributed by atoms with E-state index >= 15 is 0 Å². The summed E-state index contributed by atoms with van der Waals surface area (Å²) in [5.74, 6) is -0.863. The number of rotatable bonds is 6. The Bertz CT molecular complexity index is 375. The van der Waals surface area contributed by atoms with Gasteiger partial charge in [0.1, 0.15) is 0 Å². The minimum atomic E-state index is -0.846. The topological polar surface area (TPSA) is 46.5 Å². The Balaban J connectivity index is 2.84. The zero-order valence-corrected chi connectivity index (χ0v) is 11.5. The number of carbonyl (C=O) groups excluding carboxylic acids is 1. The smallest absolute Gasteiger partial charge is 0.311 e. The monoisotopic (exact) mass is 270 g/mol. The third-order valence-electron chi connectivity index (χ3n) is 2.78. The van der Waals surface area contributed by atoms with E-state index in [9.17, 15) is 9.90 Å². The van der Waals surface area contributed by atoms with Crippen molar-refractivity contribution >= 4 is 17.6 Å². The van der Waals surface area contributed by atoms with Crippen molar-refractivity contribution in [2.75, 3.05) is 6.61 Å². The van der Waals surface area contributed by atoms with E-state index in [0.717, 1.165) is 6.42 Å². The Morgan fingerprint density at radius 1 is 1.33 bits per heavy atom. The molecule has 0 amide bonds. The van der Waals surface area contributed by atoms with Crippen molar-refractivity contribution in [3.63, 3.8) is 0 Å². The van der Waals surface area contributed by atoms with Crippen LogP contribution in [0.1, 0.15) is 38.4 Å². The van der Waals surface area contributed by atoms with Gasteiger partial charge in [-0.15, -0.1) is 0 Å². The summed E-state index contributed by atoms with van der Waals surface area (Å²) in [5.41, 5.74) is 0.686. The highest BCUT2D eigenvalue weighted by molar-refractivity contribution is 6.30. The van der Waals surface area contributed by atoms with Crippen molar-refractivity contribution in [3.8, 4) is 0 Å². The van der Waals surface area contributed by atoms with Crippen LogP contribution in [0.15, 0.2) is 24.3 Å². The first-order valence-electron chi connectivity index (χ1n) is 6.20. The molecule has 0 bridgehead atoms. The van der Waals surface area contributed by atoms with Gasteiger partial charge in [0, 0.05) is 5.02 Å². The summed E-state index contributed by atoms with van der Waals surface area (Å²) in [5, 5.41) is 10.9. The third-order valence-corrected chi connectivity index (χ3v) is 3.03. The van der Waals surface area contributed by atoms with E-state index in [1.165, 1.54) is 0 Å². The SMILES string of the molecule is CCCC(C(=O)OCC)C(O)c1ccc(Cl)cc1. The highest BCUT2D eigenvalue weighted by Crippen LogP contribution is 2.27. The second kappa shape index (κ2) is 7.39. The van der Waals surface area contributed by atoms with E-state index < -0.39 is 12.0 Å². The van der Waals surface area contributed by atoms with Gasteiger partial charge >= 0.3 is 5.97 Å². The molecule has 0 spiro atoms. The third kappa shape index (κ3) is 4.00.